The molecule has 5 rings (SSSR count). The van der Waals surface area contributed by atoms with Crippen LogP contribution in [0.1, 0.15) is 41.4 Å². The molecule has 0 atom stereocenters. The highest BCUT2D eigenvalue weighted by molar-refractivity contribution is 6.02. The summed E-state index contributed by atoms with van der Waals surface area (Å²) < 4.78 is 11.5. The molecule has 4 aromatic carbocycles. The van der Waals surface area contributed by atoms with Gasteiger partial charge in [0, 0.05) is 11.4 Å². The van der Waals surface area contributed by atoms with Gasteiger partial charge in [-0.15, -0.1) is 4.98 Å². The summed E-state index contributed by atoms with van der Waals surface area (Å²) in [5, 5.41) is 37.8. The zero-order chi connectivity index (χ0) is 32.1. The number of rotatable bonds is 11. The standard InChI is InChI=1S/C31H20N4O10/c36-25(37)21-13-11-19(15-23(21)27(40)41)44-30-32-29(35(17-7-3-1-4-8-17)18-9-5-2-6-10-18)33-31(34-30)45-20-12-14-22(26(38)39)24(16-20)28(42)43/h1-16H,(H,36,37)(H,38,39)(H,40,41)(H,42,43). The zero-order valence-corrected chi connectivity index (χ0v) is 22.8. The Morgan fingerprint density at radius 3 is 1.22 bits per heavy atom. The number of hydrogen-bond acceptors (Lipinski definition) is 10. The minimum absolute atomic E-state index is 0.0337. The van der Waals surface area contributed by atoms with E-state index in [1.165, 1.54) is 12.1 Å². The Labute approximate surface area is 253 Å². The van der Waals surface area contributed by atoms with Crippen LogP contribution >= 0.6 is 0 Å². The smallest absolute Gasteiger partial charge is 0.336 e. The van der Waals surface area contributed by atoms with Gasteiger partial charge in [0.2, 0.25) is 5.95 Å². The Balaban J connectivity index is 1.64. The molecule has 0 aliphatic heterocycles. The molecule has 1 aromatic heterocycles. The molecule has 0 aliphatic rings. The highest BCUT2D eigenvalue weighted by Gasteiger charge is 2.23. The number of carboxylic acids is 4. The molecule has 14 nitrogen and oxygen atoms in total. The maximum Gasteiger partial charge on any atom is 0.336 e. The van der Waals surface area contributed by atoms with E-state index >= 15 is 0 Å². The Morgan fingerprint density at radius 2 is 0.867 bits per heavy atom. The molecule has 1 heterocycles. The molecular formula is C31H20N4O10. The summed E-state index contributed by atoms with van der Waals surface area (Å²) in [4.78, 5) is 61.0. The second-order valence-electron chi connectivity index (χ2n) is 9.05. The van der Waals surface area contributed by atoms with Crippen molar-refractivity contribution in [2.24, 2.45) is 0 Å². The number of nitrogens with zero attached hydrogens (tertiary/aromatic N) is 4. The van der Waals surface area contributed by atoms with Gasteiger partial charge in [-0.3, -0.25) is 4.90 Å². The predicted octanol–water partition coefficient (Wildman–Crippen LogP) is 5.72. The lowest BCUT2D eigenvalue weighted by molar-refractivity contribution is 0.0651. The van der Waals surface area contributed by atoms with Crippen molar-refractivity contribution < 1.29 is 49.1 Å². The quantitative estimate of drug-likeness (QED) is 0.141. The molecule has 0 spiro atoms. The van der Waals surface area contributed by atoms with E-state index in [4.69, 9.17) is 9.47 Å². The van der Waals surface area contributed by atoms with Gasteiger partial charge in [0.25, 0.3) is 0 Å². The van der Waals surface area contributed by atoms with Gasteiger partial charge in [-0.05, 0) is 60.7 Å². The summed E-state index contributed by atoms with van der Waals surface area (Å²) in [5.41, 5.74) is -0.780. The minimum Gasteiger partial charge on any atom is -0.478 e. The van der Waals surface area contributed by atoms with Crippen LogP contribution in [0.25, 0.3) is 0 Å². The molecule has 45 heavy (non-hydrogen) atoms. The summed E-state index contributed by atoms with van der Waals surface area (Å²) in [6.07, 6.45) is 0. The molecule has 4 N–H and O–H groups in total. The first-order valence-corrected chi connectivity index (χ1v) is 12.8. The molecule has 224 valence electrons. The third kappa shape index (κ3) is 6.65. The average Bonchev–Trinajstić information content (AvgIpc) is 3.02. The lowest BCUT2D eigenvalue weighted by Gasteiger charge is -2.23. The van der Waals surface area contributed by atoms with Crippen LogP contribution in [0.15, 0.2) is 97.1 Å². The van der Waals surface area contributed by atoms with Crippen LogP contribution in [-0.4, -0.2) is 59.3 Å². The Kier molecular flexibility index (Phi) is 8.29. The molecular weight excluding hydrogens is 588 g/mol. The third-order valence-electron chi connectivity index (χ3n) is 6.13. The summed E-state index contributed by atoms with van der Waals surface area (Å²) in [6.45, 7) is 0. The van der Waals surface area contributed by atoms with E-state index in [2.05, 4.69) is 15.0 Å². The van der Waals surface area contributed by atoms with E-state index in [1.54, 1.807) is 53.4 Å². The monoisotopic (exact) mass is 608 g/mol. The lowest BCUT2D eigenvalue weighted by atomic mass is 10.1. The van der Waals surface area contributed by atoms with Crippen molar-refractivity contribution in [2.45, 2.75) is 0 Å². The fraction of sp³-hybridized carbons (Fsp3) is 0. The second-order valence-corrected chi connectivity index (χ2v) is 9.05. The Bertz CT molecular complexity index is 1800. The van der Waals surface area contributed by atoms with E-state index < -0.39 is 58.2 Å². The summed E-state index contributed by atoms with van der Waals surface area (Å²) in [5.74, 6) is -6.18. The summed E-state index contributed by atoms with van der Waals surface area (Å²) in [6, 6.07) is 23.6. The van der Waals surface area contributed by atoms with Gasteiger partial charge >= 0.3 is 35.9 Å². The molecule has 0 radical (unpaired) electrons. The molecule has 0 bridgehead atoms. The molecule has 0 unspecified atom stereocenters. The normalized spacial score (nSPS) is 10.5. The van der Waals surface area contributed by atoms with Crippen LogP contribution in [0.3, 0.4) is 0 Å². The molecule has 0 aliphatic carbocycles. The largest absolute Gasteiger partial charge is 0.478 e. The van der Waals surface area contributed by atoms with Crippen LogP contribution in [0, 0.1) is 0 Å². The summed E-state index contributed by atoms with van der Waals surface area (Å²) in [7, 11) is 0. The van der Waals surface area contributed by atoms with Gasteiger partial charge < -0.3 is 29.9 Å². The van der Waals surface area contributed by atoms with E-state index in [0.29, 0.717) is 11.4 Å². The van der Waals surface area contributed by atoms with Crippen molar-refractivity contribution in [1.82, 2.24) is 15.0 Å². The number of carbonyl (C=O) groups is 4. The Morgan fingerprint density at radius 1 is 0.489 bits per heavy atom. The molecule has 14 heteroatoms. The topological polar surface area (TPSA) is 210 Å². The minimum atomic E-state index is -1.50. The van der Waals surface area contributed by atoms with Gasteiger partial charge in [0.1, 0.15) is 11.5 Å². The number of aromatic nitrogens is 3. The highest BCUT2D eigenvalue weighted by Crippen LogP contribution is 2.35. The van der Waals surface area contributed by atoms with E-state index in [1.807, 2.05) is 12.1 Å². The first-order valence-electron chi connectivity index (χ1n) is 12.8. The fourth-order valence-corrected chi connectivity index (χ4v) is 4.16. The first-order chi connectivity index (χ1) is 21.6. The predicted molar refractivity (Wildman–Crippen MR) is 155 cm³/mol. The maximum atomic E-state index is 11.7. The van der Waals surface area contributed by atoms with E-state index in [-0.39, 0.29) is 17.4 Å². The van der Waals surface area contributed by atoms with E-state index in [9.17, 15) is 39.6 Å². The molecule has 5 aromatic rings. The average molecular weight is 609 g/mol. The number of aromatic carboxylic acids is 4. The van der Waals surface area contributed by atoms with Crippen LogP contribution in [0.5, 0.6) is 23.5 Å². The van der Waals surface area contributed by atoms with Gasteiger partial charge in [-0.2, -0.15) is 9.97 Å². The highest BCUT2D eigenvalue weighted by atomic mass is 16.5. The Hall–Kier alpha value is -6.83. The number of hydrogen-bond donors (Lipinski definition) is 4. The van der Waals surface area contributed by atoms with Gasteiger partial charge in [-0.1, -0.05) is 36.4 Å². The lowest BCUT2D eigenvalue weighted by Crippen LogP contribution is -2.15. The van der Waals surface area contributed by atoms with Gasteiger partial charge in [0.15, 0.2) is 0 Å². The molecule has 0 fully saturated rings. The number of anilines is 3. The maximum absolute atomic E-state index is 11.7. The van der Waals surface area contributed by atoms with Crippen molar-refractivity contribution in [3.8, 4) is 23.5 Å². The van der Waals surface area contributed by atoms with Crippen LogP contribution in [0.2, 0.25) is 0 Å². The van der Waals surface area contributed by atoms with Crippen LogP contribution in [0.4, 0.5) is 17.3 Å². The van der Waals surface area contributed by atoms with Gasteiger partial charge in [-0.25, -0.2) is 19.2 Å². The van der Waals surface area contributed by atoms with Crippen molar-refractivity contribution in [2.75, 3.05) is 4.90 Å². The second kappa shape index (κ2) is 12.6. The van der Waals surface area contributed by atoms with E-state index in [0.717, 1.165) is 24.3 Å². The number of benzene rings is 4. The van der Waals surface area contributed by atoms with Gasteiger partial charge in [0.05, 0.1) is 22.3 Å². The molecule has 0 saturated heterocycles. The number of carboxylic acid groups (broad SMARTS) is 4. The first kappa shape index (κ1) is 29.7. The van der Waals surface area contributed by atoms with Crippen molar-refractivity contribution in [3.63, 3.8) is 0 Å². The number of para-hydroxylation sites is 2. The molecule has 0 saturated carbocycles. The van der Waals surface area contributed by atoms with Crippen LogP contribution in [-0.2, 0) is 0 Å². The van der Waals surface area contributed by atoms with Crippen LogP contribution < -0.4 is 14.4 Å². The summed E-state index contributed by atoms with van der Waals surface area (Å²) >= 11 is 0. The SMILES string of the molecule is O=C(O)c1ccc(Oc2nc(Oc3ccc(C(=O)O)c(C(=O)O)c3)nc(N(c3ccccc3)c3ccccc3)n2)cc1C(=O)O. The van der Waals surface area contributed by atoms with Crippen molar-refractivity contribution in [3.05, 3.63) is 119 Å². The van der Waals surface area contributed by atoms with Crippen molar-refractivity contribution in [1.29, 1.82) is 0 Å². The zero-order valence-electron chi connectivity index (χ0n) is 22.8. The number of ether oxygens (including phenoxy) is 2. The third-order valence-corrected chi connectivity index (χ3v) is 6.13. The fourth-order valence-electron chi connectivity index (χ4n) is 4.16. The van der Waals surface area contributed by atoms with Crippen molar-refractivity contribution >= 4 is 41.2 Å². The molecule has 0 amide bonds.